The molecule has 4 aromatic heterocycles. The number of aromatic nitrogens is 5. The van der Waals surface area contributed by atoms with Crippen molar-refractivity contribution in [3.63, 3.8) is 0 Å². The summed E-state index contributed by atoms with van der Waals surface area (Å²) in [5, 5.41) is 1.32. The zero-order chi connectivity index (χ0) is 64.2. The van der Waals surface area contributed by atoms with Gasteiger partial charge < -0.3 is 9.30 Å². The van der Waals surface area contributed by atoms with E-state index in [2.05, 4.69) is 34.0 Å². The molecule has 4 heterocycles. The maximum atomic E-state index is 9.18. The Labute approximate surface area is 444 Å². The number of pyridine rings is 1. The second-order valence-electron chi connectivity index (χ2n) is 18.6. The van der Waals surface area contributed by atoms with Crippen LogP contribution in [0.5, 0.6) is 11.5 Å². The van der Waals surface area contributed by atoms with Gasteiger partial charge >= 0.3 is 0 Å². The first-order valence-corrected chi connectivity index (χ1v) is 23.3. The number of hydrogen-bond acceptors (Lipinski definition) is 2. The van der Waals surface area contributed by atoms with E-state index >= 15 is 0 Å². The first kappa shape index (κ1) is 28.0. The number of rotatable bonds is 9. The van der Waals surface area contributed by atoms with Crippen LogP contribution in [0.3, 0.4) is 0 Å². The topological polar surface area (TPSA) is 40.8 Å². The Morgan fingerprint density at radius 3 is 1.89 bits per heavy atom. The van der Waals surface area contributed by atoms with Crippen molar-refractivity contribution in [1.82, 2.24) is 18.7 Å². The van der Waals surface area contributed by atoms with Crippen LogP contribution < -0.4 is 9.30 Å². The summed E-state index contributed by atoms with van der Waals surface area (Å²) in [5.74, 6) is 1.48. The Morgan fingerprint density at radius 2 is 1.18 bits per heavy atom. The van der Waals surface area contributed by atoms with Gasteiger partial charge in [-0.2, -0.15) is 0 Å². The second kappa shape index (κ2) is 17.1. The van der Waals surface area contributed by atoms with Gasteiger partial charge in [0.05, 0.1) is 69.1 Å². The fourth-order valence-corrected chi connectivity index (χ4v) is 9.64. The molecule has 0 bridgehead atoms. The molecule has 0 spiro atoms. The van der Waals surface area contributed by atoms with Gasteiger partial charge in [0.2, 0.25) is 0 Å². The molecule has 0 aliphatic rings. The third-order valence-electron chi connectivity index (χ3n) is 13.5. The number of fused-ring (bicyclic) bond motifs is 7. The van der Waals surface area contributed by atoms with E-state index in [1.54, 1.807) is 76.0 Å². The zero-order valence-electron chi connectivity index (χ0n) is 57.3. The lowest BCUT2D eigenvalue weighted by Crippen LogP contribution is -2.31. The highest BCUT2D eigenvalue weighted by Crippen LogP contribution is 2.41. The molecular weight excluding hydrogens is 879 g/mol. The Morgan fingerprint density at radius 1 is 0.528 bits per heavy atom. The van der Waals surface area contributed by atoms with Crippen molar-refractivity contribution in [3.8, 4) is 56.6 Å². The van der Waals surface area contributed by atoms with Crippen molar-refractivity contribution < 1.29 is 34.0 Å². The highest BCUT2D eigenvalue weighted by atomic mass is 16.5. The molecule has 0 aliphatic carbocycles. The number of hydrogen-bond donors (Lipinski definition) is 0. The smallest absolute Gasteiger partial charge is 0.269 e. The SMILES string of the molecule is [2H]c1c([2H])c([2H])c(-c2cccc(-c3c([2H])c([2H])c([2H])c([2H])c3[2H])c2-[n+]2[c-]n(-c3cccc(Oc4ccc5c6cc(-n7c8c([2H])c([2H])c([2H])c([2H])c8c8c([2H])c([2H])c([2H])c([2H])c87)ccc6n(-c6cc(C(C)C(C)(C)C)ccn6)c5c4)c3)c3ccccc32)c([2H])c1[2H]. The van der Waals surface area contributed by atoms with Crippen LogP contribution in [0.15, 0.2) is 230 Å². The van der Waals surface area contributed by atoms with Gasteiger partial charge in [0.25, 0.3) is 6.33 Å². The number of para-hydroxylation sites is 5. The van der Waals surface area contributed by atoms with Gasteiger partial charge in [-0.05, 0) is 112 Å². The third kappa shape index (κ3) is 7.25. The van der Waals surface area contributed by atoms with Crippen molar-refractivity contribution in [2.75, 3.05) is 0 Å². The summed E-state index contributed by atoms with van der Waals surface area (Å²) in [6.07, 6.45) is 5.18. The predicted octanol–water partition coefficient (Wildman–Crippen LogP) is 16.6. The molecule has 6 nitrogen and oxygen atoms in total. The van der Waals surface area contributed by atoms with Crippen LogP contribution in [0.25, 0.3) is 99.8 Å². The molecule has 6 heteroatoms. The van der Waals surface area contributed by atoms with Gasteiger partial charge in [0, 0.05) is 39.5 Å². The molecule has 9 aromatic carbocycles. The molecule has 0 saturated heterocycles. The molecule has 0 aliphatic heterocycles. The minimum absolute atomic E-state index is 0.00820. The maximum absolute atomic E-state index is 9.18. The fraction of sp³-hybridized carbons (Fsp3) is 0.0909. The molecule has 0 N–H and O–H groups in total. The van der Waals surface area contributed by atoms with E-state index in [0.29, 0.717) is 56.1 Å². The predicted molar refractivity (Wildman–Crippen MR) is 295 cm³/mol. The number of benzene rings is 9. The minimum Gasteiger partial charge on any atom is -0.458 e. The molecule has 13 rings (SSSR count). The number of imidazole rings is 1. The van der Waals surface area contributed by atoms with E-state index in [4.69, 9.17) is 31.7 Å². The Bertz CT molecular complexity index is 5070. The molecule has 1 atom stereocenters. The normalized spacial score (nSPS) is 15.9. The summed E-state index contributed by atoms with van der Waals surface area (Å²) in [7, 11) is 0. The highest BCUT2D eigenvalue weighted by molar-refractivity contribution is 6.12. The van der Waals surface area contributed by atoms with Gasteiger partial charge in [-0.25, -0.2) is 4.98 Å². The van der Waals surface area contributed by atoms with Crippen LogP contribution in [0, 0.1) is 11.7 Å². The van der Waals surface area contributed by atoms with Gasteiger partial charge in [0.15, 0.2) is 0 Å². The maximum Gasteiger partial charge on any atom is 0.269 e. The van der Waals surface area contributed by atoms with Crippen LogP contribution >= 0.6 is 0 Å². The van der Waals surface area contributed by atoms with Crippen molar-refractivity contribution in [1.29, 1.82) is 0 Å². The summed E-state index contributed by atoms with van der Waals surface area (Å²) in [4.78, 5) is 4.93. The molecule has 0 fully saturated rings. The molecule has 13 aromatic rings. The summed E-state index contributed by atoms with van der Waals surface area (Å²) >= 11 is 0. The molecule has 0 radical (unpaired) electrons. The van der Waals surface area contributed by atoms with E-state index < -0.39 is 109 Å². The first-order valence-electron chi connectivity index (χ1n) is 32.3. The van der Waals surface area contributed by atoms with Crippen LogP contribution in [-0.2, 0) is 0 Å². The van der Waals surface area contributed by atoms with E-state index in [9.17, 15) is 2.74 Å². The summed E-state index contributed by atoms with van der Waals surface area (Å²) in [5.41, 5.74) is 4.18. The fourth-order valence-electron chi connectivity index (χ4n) is 9.64. The van der Waals surface area contributed by atoms with Crippen LogP contribution in [0.4, 0.5) is 0 Å². The largest absolute Gasteiger partial charge is 0.458 e. The van der Waals surface area contributed by atoms with Gasteiger partial charge in [-0.3, -0.25) is 13.7 Å². The average Bonchev–Trinajstić information content (AvgIpc) is 1.53. The molecule has 346 valence electrons. The average molecular weight is 948 g/mol. The van der Waals surface area contributed by atoms with Gasteiger partial charge in [-0.1, -0.05) is 173 Å². The van der Waals surface area contributed by atoms with E-state index in [0.717, 1.165) is 10.9 Å². The molecular formula is C66H51N5O. The first-order chi connectivity index (χ1) is 42.7. The van der Waals surface area contributed by atoms with E-state index in [1.807, 2.05) is 59.2 Å². The van der Waals surface area contributed by atoms with Crippen molar-refractivity contribution in [3.05, 3.63) is 242 Å². The van der Waals surface area contributed by atoms with Crippen molar-refractivity contribution in [2.24, 2.45) is 5.41 Å². The molecule has 0 amide bonds. The highest BCUT2D eigenvalue weighted by Gasteiger charge is 2.24. The second-order valence-corrected chi connectivity index (χ2v) is 18.6. The number of nitrogens with zero attached hydrogens (tertiary/aromatic N) is 5. The van der Waals surface area contributed by atoms with E-state index in [-0.39, 0.29) is 61.1 Å². The minimum atomic E-state index is -0.607. The van der Waals surface area contributed by atoms with Crippen LogP contribution in [-0.4, -0.2) is 18.7 Å². The Balaban J connectivity index is 0.991. The lowest BCUT2D eigenvalue weighted by atomic mass is 9.78. The standard InChI is InChI=1S/C66H51N5O/c1-44(66(2,3)4)47-37-38-67-64(39-47)71-60-36-33-49(70-58-29-13-11-25-54(58)55-26-12-14-30-59(55)70)41-57(60)56-35-34-51(42-63(56)71)72-50-24-17-23-48(40-50)68-43-69(62-32-16-15-31-61(62)68)65-52(45-19-7-5-8-20-45)27-18-28-53(65)46-21-9-6-10-22-46/h5-42,44H,1-4H3/i5D,6D,7D,8D,9D,10D,11D,12D,13D,14D,19D,20D,21D,22D,25D,26D,29D,30D. The van der Waals surface area contributed by atoms with Crippen LogP contribution in [0.1, 0.15) is 63.8 Å². The van der Waals surface area contributed by atoms with Gasteiger partial charge in [-0.15, -0.1) is 0 Å². The number of ether oxygens (including phenoxy) is 1. The summed E-state index contributed by atoms with van der Waals surface area (Å²) in [6, 6.07) is 24.6. The Hall–Kier alpha value is -9.00. The molecule has 72 heavy (non-hydrogen) atoms. The van der Waals surface area contributed by atoms with Gasteiger partial charge in [0.1, 0.15) is 17.3 Å². The van der Waals surface area contributed by atoms with Crippen molar-refractivity contribution in [2.45, 2.75) is 33.6 Å². The van der Waals surface area contributed by atoms with Crippen LogP contribution in [0.2, 0.25) is 0 Å². The summed E-state index contributed by atoms with van der Waals surface area (Å²) in [6.45, 7) is 8.66. The Kier molecular flexibility index (Phi) is 6.67. The monoisotopic (exact) mass is 948 g/mol. The quantitative estimate of drug-likeness (QED) is 0.107. The molecule has 1 unspecified atom stereocenters. The van der Waals surface area contributed by atoms with E-state index in [1.165, 1.54) is 4.57 Å². The van der Waals surface area contributed by atoms with Crippen molar-refractivity contribution >= 4 is 54.6 Å². The zero-order valence-corrected chi connectivity index (χ0v) is 39.3. The lowest BCUT2D eigenvalue weighted by molar-refractivity contribution is -0.571. The third-order valence-corrected chi connectivity index (χ3v) is 13.5. The lowest BCUT2D eigenvalue weighted by Gasteiger charge is -2.27. The molecule has 0 saturated carbocycles. The summed E-state index contributed by atoms with van der Waals surface area (Å²) < 4.78 is 172.